The molecule has 1 aliphatic rings. The molecule has 0 aromatic carbocycles. The molecule has 0 unspecified atom stereocenters. The fourth-order valence-corrected chi connectivity index (χ4v) is 2.59. The van der Waals surface area contributed by atoms with Gasteiger partial charge in [0.25, 0.3) is 0 Å². The minimum Gasteiger partial charge on any atom is -0.381 e. The van der Waals surface area contributed by atoms with Gasteiger partial charge in [-0.2, -0.15) is 0 Å². The topological polar surface area (TPSA) is 34.1 Å². The standard InChI is InChI=1S/C8H11BrN2OS/c1-12-6-2-5(3-6)10-8-11-7(9)4-13-8/h4-6H,2-3H2,1H3,(H,10,11). The molecule has 1 heterocycles. The van der Waals surface area contributed by atoms with Gasteiger partial charge in [0.1, 0.15) is 4.60 Å². The van der Waals surface area contributed by atoms with Crippen LogP contribution in [0.2, 0.25) is 0 Å². The third-order valence-electron chi connectivity index (χ3n) is 2.23. The number of methoxy groups -OCH3 is 1. The van der Waals surface area contributed by atoms with Crippen LogP contribution in [0.1, 0.15) is 12.8 Å². The molecule has 72 valence electrons. The first-order valence-corrected chi connectivity index (χ1v) is 5.85. The van der Waals surface area contributed by atoms with Gasteiger partial charge < -0.3 is 10.1 Å². The van der Waals surface area contributed by atoms with Crippen LogP contribution in [0.15, 0.2) is 9.98 Å². The molecule has 0 bridgehead atoms. The zero-order valence-electron chi connectivity index (χ0n) is 7.29. The summed E-state index contributed by atoms with van der Waals surface area (Å²) in [6.07, 6.45) is 2.63. The van der Waals surface area contributed by atoms with Gasteiger partial charge in [0.15, 0.2) is 5.13 Å². The number of hydrogen-bond donors (Lipinski definition) is 1. The summed E-state index contributed by atoms with van der Waals surface area (Å²) in [6, 6.07) is 0.544. The van der Waals surface area contributed by atoms with Crippen LogP contribution in [-0.4, -0.2) is 24.2 Å². The lowest BCUT2D eigenvalue weighted by Crippen LogP contribution is -2.40. The smallest absolute Gasteiger partial charge is 0.183 e. The Kier molecular flexibility index (Phi) is 2.86. The largest absolute Gasteiger partial charge is 0.381 e. The van der Waals surface area contributed by atoms with Crippen molar-refractivity contribution in [3.63, 3.8) is 0 Å². The van der Waals surface area contributed by atoms with Gasteiger partial charge in [-0.3, -0.25) is 0 Å². The zero-order chi connectivity index (χ0) is 9.26. The Labute approximate surface area is 89.6 Å². The number of nitrogens with one attached hydrogen (secondary N) is 1. The van der Waals surface area contributed by atoms with Crippen molar-refractivity contribution in [2.75, 3.05) is 12.4 Å². The molecular formula is C8H11BrN2OS. The fourth-order valence-electron chi connectivity index (χ4n) is 1.37. The van der Waals surface area contributed by atoms with Crippen LogP contribution in [0.4, 0.5) is 5.13 Å². The lowest BCUT2D eigenvalue weighted by molar-refractivity contribution is 0.0328. The second-order valence-electron chi connectivity index (χ2n) is 3.15. The summed E-state index contributed by atoms with van der Waals surface area (Å²) in [7, 11) is 1.76. The van der Waals surface area contributed by atoms with E-state index in [0.29, 0.717) is 12.1 Å². The number of halogens is 1. The average Bonchev–Trinajstić information content (AvgIpc) is 2.43. The van der Waals surface area contributed by atoms with Crippen LogP contribution >= 0.6 is 27.3 Å². The molecule has 1 fully saturated rings. The number of ether oxygens (including phenoxy) is 1. The average molecular weight is 263 g/mol. The van der Waals surface area contributed by atoms with E-state index in [1.165, 1.54) is 0 Å². The van der Waals surface area contributed by atoms with Crippen molar-refractivity contribution in [3.05, 3.63) is 9.98 Å². The Bertz CT molecular complexity index is 285. The number of rotatable bonds is 3. The van der Waals surface area contributed by atoms with E-state index in [-0.39, 0.29) is 0 Å². The van der Waals surface area contributed by atoms with E-state index >= 15 is 0 Å². The highest BCUT2D eigenvalue weighted by atomic mass is 79.9. The predicted molar refractivity (Wildman–Crippen MR) is 57.3 cm³/mol. The molecule has 0 spiro atoms. The maximum atomic E-state index is 5.19. The summed E-state index contributed by atoms with van der Waals surface area (Å²) >= 11 is 4.95. The molecular weight excluding hydrogens is 252 g/mol. The maximum absolute atomic E-state index is 5.19. The SMILES string of the molecule is COC1CC(Nc2nc(Br)cs2)C1. The number of hydrogen-bond acceptors (Lipinski definition) is 4. The van der Waals surface area contributed by atoms with Gasteiger partial charge in [-0.15, -0.1) is 11.3 Å². The van der Waals surface area contributed by atoms with Crippen LogP contribution in [-0.2, 0) is 4.74 Å². The highest BCUT2D eigenvalue weighted by molar-refractivity contribution is 9.10. The van der Waals surface area contributed by atoms with Gasteiger partial charge in [-0.1, -0.05) is 0 Å². The maximum Gasteiger partial charge on any atom is 0.183 e. The molecule has 5 heteroatoms. The molecule has 0 atom stereocenters. The molecule has 1 aromatic rings. The van der Waals surface area contributed by atoms with E-state index in [2.05, 4.69) is 26.2 Å². The summed E-state index contributed by atoms with van der Waals surface area (Å²) in [5.41, 5.74) is 0. The molecule has 3 nitrogen and oxygen atoms in total. The molecule has 0 amide bonds. The van der Waals surface area contributed by atoms with Gasteiger partial charge >= 0.3 is 0 Å². The monoisotopic (exact) mass is 262 g/mol. The van der Waals surface area contributed by atoms with Gasteiger partial charge in [0.05, 0.1) is 6.10 Å². The van der Waals surface area contributed by atoms with Crippen LogP contribution < -0.4 is 5.32 Å². The van der Waals surface area contributed by atoms with Crippen LogP contribution in [0.3, 0.4) is 0 Å². The molecule has 0 saturated heterocycles. The zero-order valence-corrected chi connectivity index (χ0v) is 9.69. The lowest BCUT2D eigenvalue weighted by Gasteiger charge is -2.34. The molecule has 2 rings (SSSR count). The van der Waals surface area contributed by atoms with E-state index in [0.717, 1.165) is 22.6 Å². The van der Waals surface area contributed by atoms with Gasteiger partial charge in [-0.05, 0) is 28.8 Å². The summed E-state index contributed by atoms with van der Waals surface area (Å²) in [5, 5.41) is 6.33. The number of anilines is 1. The number of aromatic nitrogens is 1. The second kappa shape index (κ2) is 3.94. The van der Waals surface area contributed by atoms with Crippen molar-refractivity contribution in [1.29, 1.82) is 0 Å². The van der Waals surface area contributed by atoms with Crippen molar-refractivity contribution >= 4 is 32.4 Å². The molecule has 13 heavy (non-hydrogen) atoms. The molecule has 1 N–H and O–H groups in total. The third-order valence-corrected chi connectivity index (χ3v) is 3.71. The Morgan fingerprint density at radius 1 is 1.69 bits per heavy atom. The lowest BCUT2D eigenvalue weighted by atomic mass is 9.89. The van der Waals surface area contributed by atoms with Crippen LogP contribution in [0, 0.1) is 0 Å². The number of nitrogens with zero attached hydrogens (tertiary/aromatic N) is 1. The van der Waals surface area contributed by atoms with Crippen molar-refractivity contribution in [2.45, 2.75) is 25.0 Å². The summed E-state index contributed by atoms with van der Waals surface area (Å²) in [6.45, 7) is 0. The fraction of sp³-hybridized carbons (Fsp3) is 0.625. The normalized spacial score (nSPS) is 26.9. The van der Waals surface area contributed by atoms with E-state index < -0.39 is 0 Å². The minimum atomic E-state index is 0.445. The van der Waals surface area contributed by atoms with E-state index in [1.807, 2.05) is 5.38 Å². The Morgan fingerprint density at radius 3 is 3.00 bits per heavy atom. The highest BCUT2D eigenvalue weighted by Gasteiger charge is 2.29. The molecule has 1 saturated carbocycles. The molecule has 1 aliphatic carbocycles. The summed E-state index contributed by atoms with van der Waals surface area (Å²) < 4.78 is 6.10. The van der Waals surface area contributed by atoms with Gasteiger partial charge in [-0.25, -0.2) is 4.98 Å². The third kappa shape index (κ3) is 2.21. The summed E-state index contributed by atoms with van der Waals surface area (Å²) in [4.78, 5) is 4.27. The first-order valence-electron chi connectivity index (χ1n) is 4.18. The van der Waals surface area contributed by atoms with Crippen molar-refractivity contribution in [3.8, 4) is 0 Å². The first-order chi connectivity index (χ1) is 6.28. The van der Waals surface area contributed by atoms with Crippen molar-refractivity contribution < 1.29 is 4.74 Å². The number of thiazole rings is 1. The highest BCUT2D eigenvalue weighted by Crippen LogP contribution is 2.28. The van der Waals surface area contributed by atoms with Gasteiger partial charge in [0.2, 0.25) is 0 Å². The molecule has 1 aromatic heterocycles. The molecule has 0 radical (unpaired) electrons. The predicted octanol–water partition coefficient (Wildman–Crippen LogP) is 2.49. The quantitative estimate of drug-likeness (QED) is 0.909. The van der Waals surface area contributed by atoms with E-state index in [9.17, 15) is 0 Å². The second-order valence-corrected chi connectivity index (χ2v) is 4.82. The van der Waals surface area contributed by atoms with Crippen LogP contribution in [0.5, 0.6) is 0 Å². The summed E-state index contributed by atoms with van der Waals surface area (Å²) in [5.74, 6) is 0. The first kappa shape index (κ1) is 9.43. The van der Waals surface area contributed by atoms with E-state index in [1.54, 1.807) is 18.4 Å². The Morgan fingerprint density at radius 2 is 2.46 bits per heavy atom. The molecule has 0 aliphatic heterocycles. The van der Waals surface area contributed by atoms with Crippen molar-refractivity contribution in [1.82, 2.24) is 4.98 Å². The van der Waals surface area contributed by atoms with Crippen molar-refractivity contribution in [2.24, 2.45) is 0 Å². The van der Waals surface area contributed by atoms with Gasteiger partial charge in [0, 0.05) is 18.5 Å². The Balaban J connectivity index is 1.81. The van der Waals surface area contributed by atoms with Crippen LogP contribution in [0.25, 0.3) is 0 Å². The van der Waals surface area contributed by atoms with E-state index in [4.69, 9.17) is 4.74 Å². The minimum absolute atomic E-state index is 0.445. The Hall–Kier alpha value is -0.130.